The van der Waals surface area contributed by atoms with Gasteiger partial charge in [0.05, 0.1) is 0 Å². The normalized spacial score (nSPS) is 12.7. The van der Waals surface area contributed by atoms with Crippen LogP contribution in [0.5, 0.6) is 0 Å². The molecule has 6 aromatic carbocycles. The smallest absolute Gasteiger partial charge is 0.407 e. The first-order chi connectivity index (χ1) is 46.1. The van der Waals surface area contributed by atoms with Crippen LogP contribution in [0.4, 0.5) is 9.59 Å². The van der Waals surface area contributed by atoms with Crippen LogP contribution < -0.4 is 31.9 Å². The number of carbonyl (C=O) groups excluding carboxylic acids is 6. The number of thiophene rings is 4. The molecular weight excluding hydrogens is 1250 g/mol. The van der Waals surface area contributed by atoms with Crippen LogP contribution in [0, 0.1) is 0 Å². The minimum atomic E-state index is -0.885. The van der Waals surface area contributed by atoms with Gasteiger partial charge in [0.25, 0.3) is 0 Å². The third-order valence-corrected chi connectivity index (χ3v) is 21.4. The molecule has 94 heavy (non-hydrogen) atoms. The number of carbonyl (C=O) groups is 6. The van der Waals surface area contributed by atoms with Gasteiger partial charge in [-0.25, -0.2) is 9.59 Å². The van der Waals surface area contributed by atoms with Gasteiger partial charge in [-0.1, -0.05) is 158 Å². The number of amides is 6. The third-order valence-electron chi connectivity index (χ3n) is 17.0. The van der Waals surface area contributed by atoms with Gasteiger partial charge >= 0.3 is 12.2 Å². The molecule has 6 N–H and O–H groups in total. The van der Waals surface area contributed by atoms with Crippen molar-refractivity contribution in [2.24, 2.45) is 0 Å². The molecule has 0 saturated carbocycles. The van der Waals surface area contributed by atoms with E-state index in [1.807, 2.05) is 109 Å². The standard InChI is InChI=1S/C76H72N6O8S4/c83-71(77-37-39-79-73(85)65(41-49-17-3-1-4-18-49)81-75(87)89-45-63-59-27-11-7-23-55(59)56-24-8-12-28-60(56)63)31-15-21-53-33-35-67(93-53)51-43-69(91-47-51)70-44-52(48-92-70)68-36-34-54(94-68)22-16-32-72(84)78-38-40-80-74(86)66(42-50-19-5-2-6-20-50)82-76(88)90-46-64-61-29-13-9-25-57(61)58-26-10-14-30-62(58)64/h1-14,17-20,23-30,33-36,43-44,47-48,63-66H,15-16,21-22,31-32,37-42,45-46H2,(H,77,83)(H,78,84)(H,79,85)(H,80,86)(H,81,87)(H,82,88)/t65-,66-/m0/s1. The van der Waals surface area contributed by atoms with Crippen LogP contribution in [-0.4, -0.2) is 87.3 Å². The summed E-state index contributed by atoms with van der Waals surface area (Å²) in [4.78, 5) is 86.6. The number of rotatable bonds is 29. The largest absolute Gasteiger partial charge is 0.449 e. The molecule has 14 nitrogen and oxygen atoms in total. The summed E-state index contributed by atoms with van der Waals surface area (Å²) in [6.45, 7) is 1.18. The van der Waals surface area contributed by atoms with Gasteiger partial charge in [-0.15, -0.1) is 45.3 Å². The monoisotopic (exact) mass is 1320 g/mol. The van der Waals surface area contributed by atoms with Crippen LogP contribution >= 0.6 is 45.3 Å². The Labute approximate surface area is 563 Å². The third kappa shape index (κ3) is 16.5. The van der Waals surface area contributed by atoms with Crippen LogP contribution in [0.1, 0.15) is 80.7 Å². The Balaban J connectivity index is 0.533. The van der Waals surface area contributed by atoms with E-state index in [1.54, 1.807) is 45.3 Å². The maximum atomic E-state index is 13.5. The van der Waals surface area contributed by atoms with Crippen LogP contribution in [-0.2, 0) is 54.3 Å². The number of nitrogens with one attached hydrogen (secondary N) is 6. The number of alkyl carbamates (subject to hydrolysis) is 2. The average Bonchev–Trinajstić information content (AvgIpc) is 1.72. The Morgan fingerprint density at radius 2 is 0.745 bits per heavy atom. The molecule has 2 aliphatic rings. The molecule has 18 heteroatoms. The zero-order chi connectivity index (χ0) is 64.6. The number of aryl methyl sites for hydroxylation is 2. The summed E-state index contributed by atoms with van der Waals surface area (Å²) in [5.41, 5.74) is 13.1. The maximum absolute atomic E-state index is 13.5. The zero-order valence-corrected chi connectivity index (χ0v) is 55.0. The number of hydrogen-bond acceptors (Lipinski definition) is 12. The zero-order valence-electron chi connectivity index (χ0n) is 51.7. The van der Waals surface area contributed by atoms with Crippen molar-refractivity contribution < 1.29 is 38.2 Å². The van der Waals surface area contributed by atoms with Crippen molar-refractivity contribution in [3.8, 4) is 52.9 Å². The predicted molar refractivity (Wildman–Crippen MR) is 376 cm³/mol. The molecule has 2 atom stereocenters. The van der Waals surface area contributed by atoms with Crippen molar-refractivity contribution in [2.45, 2.75) is 75.3 Å². The van der Waals surface area contributed by atoms with Crippen molar-refractivity contribution >= 4 is 81.2 Å². The van der Waals surface area contributed by atoms with E-state index in [4.69, 9.17) is 9.47 Å². The first kappa shape index (κ1) is 64.6. The molecule has 2 aliphatic carbocycles. The Kier molecular flexibility index (Phi) is 21.6. The lowest BCUT2D eigenvalue weighted by Gasteiger charge is -2.20. The molecule has 0 fully saturated rings. The molecule has 10 aromatic rings. The van der Waals surface area contributed by atoms with Gasteiger partial charge in [0.15, 0.2) is 0 Å². The summed E-state index contributed by atoms with van der Waals surface area (Å²) < 4.78 is 11.6. The minimum absolute atomic E-state index is 0.0889. The van der Waals surface area contributed by atoms with E-state index in [9.17, 15) is 28.8 Å². The van der Waals surface area contributed by atoms with Crippen LogP contribution in [0.3, 0.4) is 0 Å². The highest BCUT2D eigenvalue weighted by molar-refractivity contribution is 7.21. The van der Waals surface area contributed by atoms with Gasteiger partial charge < -0.3 is 41.4 Å². The summed E-state index contributed by atoms with van der Waals surface area (Å²) >= 11 is 6.94. The van der Waals surface area contributed by atoms with Gasteiger partial charge in [0, 0.05) is 115 Å². The van der Waals surface area contributed by atoms with Gasteiger partial charge in [0.1, 0.15) is 25.3 Å². The fraction of sp³-hybridized carbons (Fsp3) is 0.237. The Morgan fingerprint density at radius 1 is 0.394 bits per heavy atom. The molecule has 0 saturated heterocycles. The summed E-state index contributed by atoms with van der Waals surface area (Å²) in [6, 6.07) is 62.9. The summed E-state index contributed by atoms with van der Waals surface area (Å²) in [7, 11) is 0. The number of ether oxygens (including phenoxy) is 2. The number of fused-ring (bicyclic) bond motifs is 6. The first-order valence-corrected chi connectivity index (χ1v) is 35.2. The quantitative estimate of drug-likeness (QED) is 0.0249. The lowest BCUT2D eigenvalue weighted by atomic mass is 9.98. The van der Waals surface area contributed by atoms with Crippen molar-refractivity contribution in [2.75, 3.05) is 39.4 Å². The lowest BCUT2D eigenvalue weighted by Crippen LogP contribution is -2.49. The summed E-state index contributed by atoms with van der Waals surface area (Å²) in [6.07, 6.45) is 2.82. The van der Waals surface area contributed by atoms with E-state index >= 15 is 0 Å². The second-order valence-electron chi connectivity index (χ2n) is 23.3. The second-order valence-corrected chi connectivity index (χ2v) is 27.5. The van der Waals surface area contributed by atoms with Crippen LogP contribution in [0.15, 0.2) is 205 Å². The highest BCUT2D eigenvalue weighted by atomic mass is 32.1. The van der Waals surface area contributed by atoms with Crippen molar-refractivity contribution in [3.63, 3.8) is 0 Å². The van der Waals surface area contributed by atoms with E-state index < -0.39 is 24.3 Å². The van der Waals surface area contributed by atoms with Crippen LogP contribution in [0.25, 0.3) is 52.9 Å². The highest BCUT2D eigenvalue weighted by Gasteiger charge is 2.32. The van der Waals surface area contributed by atoms with E-state index in [0.29, 0.717) is 25.7 Å². The fourth-order valence-electron chi connectivity index (χ4n) is 12.3. The summed E-state index contributed by atoms with van der Waals surface area (Å²) in [5, 5.41) is 21.7. The predicted octanol–water partition coefficient (Wildman–Crippen LogP) is 14.3. The molecule has 0 unspecified atom stereocenters. The Hall–Kier alpha value is -9.46. The molecule has 0 bridgehead atoms. The number of benzene rings is 6. The van der Waals surface area contributed by atoms with E-state index in [1.165, 1.54) is 40.4 Å². The molecule has 4 aromatic heterocycles. The van der Waals surface area contributed by atoms with Crippen molar-refractivity contribution in [1.82, 2.24) is 31.9 Å². The van der Waals surface area contributed by atoms with Gasteiger partial charge in [-0.05, 0) is 118 Å². The maximum Gasteiger partial charge on any atom is 0.407 e. The van der Waals surface area contributed by atoms with Crippen molar-refractivity contribution in [3.05, 3.63) is 248 Å². The first-order valence-electron chi connectivity index (χ1n) is 31.8. The molecule has 0 aliphatic heterocycles. The summed E-state index contributed by atoms with van der Waals surface area (Å²) in [5.74, 6) is -1.12. The average molecular weight is 1330 g/mol. The molecule has 0 radical (unpaired) electrons. The minimum Gasteiger partial charge on any atom is -0.449 e. The SMILES string of the molecule is O=C(CCCc1ccc(-c2csc(-c3cc(-c4ccc(CCCC(=O)NCCNC(=O)[C@H](Cc5ccccc5)NC(=O)OCC5c6ccccc6-c6ccccc65)s4)cs3)c2)s1)NCCNC(=O)[C@H](Cc1ccccc1)NC(=O)OCC1c2ccccc2-c2ccccc21. The van der Waals surface area contributed by atoms with Crippen LogP contribution in [0.2, 0.25) is 0 Å². The second kappa shape index (κ2) is 31.4. The molecule has 12 rings (SSSR count). The molecule has 4 heterocycles. The van der Waals surface area contributed by atoms with E-state index in [-0.39, 0.29) is 87.7 Å². The Morgan fingerprint density at radius 3 is 1.13 bits per heavy atom. The number of hydrogen-bond donors (Lipinski definition) is 6. The highest BCUT2D eigenvalue weighted by Crippen LogP contribution is 2.46. The fourth-order valence-corrected chi connectivity index (χ4v) is 16.4. The Bertz CT molecular complexity index is 3910. The van der Waals surface area contributed by atoms with E-state index in [2.05, 4.69) is 128 Å². The van der Waals surface area contributed by atoms with Gasteiger partial charge in [-0.3, -0.25) is 19.2 Å². The van der Waals surface area contributed by atoms with E-state index in [0.717, 1.165) is 68.5 Å². The topological polar surface area (TPSA) is 193 Å². The van der Waals surface area contributed by atoms with Gasteiger partial charge in [0.2, 0.25) is 23.6 Å². The molecule has 0 spiro atoms. The van der Waals surface area contributed by atoms with Gasteiger partial charge in [-0.2, -0.15) is 0 Å². The molecule has 6 amide bonds. The molecular formula is C76H72N6O8S4. The molecule has 478 valence electrons. The van der Waals surface area contributed by atoms with Crippen molar-refractivity contribution in [1.29, 1.82) is 0 Å². The lowest BCUT2D eigenvalue weighted by molar-refractivity contribution is -0.124.